The fourth-order valence-corrected chi connectivity index (χ4v) is 5.49. The predicted octanol–water partition coefficient (Wildman–Crippen LogP) is 6.35. The highest BCUT2D eigenvalue weighted by atomic mass is 16.4. The standard InChI is InChI=1S/C34H34N4O4/c1-3-38(4-2)31-21-23(15-16-29(31)37-32(39)24-11-7-12-26(19-24)34(41)42)30-20-25(17-18-35-30)33(40)36-28-14-8-10-22-9-5-6-13-27(22)28/h5-7,9,11-13,15-21,28H,3-4,8,10,14H2,1-2H3,(H,36,40)(H,37,39)(H,41,42). The second-order valence-corrected chi connectivity index (χ2v) is 10.3. The number of nitrogens with zero attached hydrogens (tertiary/aromatic N) is 2. The highest BCUT2D eigenvalue weighted by Crippen LogP contribution is 2.33. The van der Waals surface area contributed by atoms with E-state index in [1.165, 1.54) is 23.3 Å². The van der Waals surface area contributed by atoms with Crippen LogP contribution in [0.15, 0.2) is 85.1 Å². The van der Waals surface area contributed by atoms with Crippen LogP contribution >= 0.6 is 0 Å². The summed E-state index contributed by atoms with van der Waals surface area (Å²) in [5, 5.41) is 15.5. The van der Waals surface area contributed by atoms with Gasteiger partial charge in [0.15, 0.2) is 0 Å². The predicted molar refractivity (Wildman–Crippen MR) is 164 cm³/mol. The summed E-state index contributed by atoms with van der Waals surface area (Å²) >= 11 is 0. The zero-order valence-electron chi connectivity index (χ0n) is 23.8. The number of nitrogens with one attached hydrogen (secondary N) is 2. The Hall–Kier alpha value is -4.98. The van der Waals surface area contributed by atoms with Gasteiger partial charge in [-0.25, -0.2) is 4.79 Å². The van der Waals surface area contributed by atoms with Crippen molar-refractivity contribution in [2.75, 3.05) is 23.3 Å². The van der Waals surface area contributed by atoms with E-state index in [4.69, 9.17) is 0 Å². The molecule has 1 aliphatic rings. The minimum atomic E-state index is -1.09. The van der Waals surface area contributed by atoms with Gasteiger partial charge in [-0.3, -0.25) is 14.6 Å². The number of aromatic nitrogens is 1. The van der Waals surface area contributed by atoms with Gasteiger partial charge in [-0.1, -0.05) is 36.4 Å². The van der Waals surface area contributed by atoms with E-state index in [0.717, 1.165) is 30.5 Å². The van der Waals surface area contributed by atoms with Crippen LogP contribution in [-0.2, 0) is 6.42 Å². The maximum absolute atomic E-state index is 13.3. The highest BCUT2D eigenvalue weighted by molar-refractivity contribution is 6.07. The van der Waals surface area contributed by atoms with Crippen molar-refractivity contribution in [1.29, 1.82) is 0 Å². The van der Waals surface area contributed by atoms with E-state index in [1.54, 1.807) is 30.5 Å². The molecule has 0 saturated carbocycles. The molecular weight excluding hydrogens is 528 g/mol. The van der Waals surface area contributed by atoms with E-state index in [0.29, 0.717) is 30.0 Å². The van der Waals surface area contributed by atoms with E-state index in [-0.39, 0.29) is 23.1 Å². The van der Waals surface area contributed by atoms with Crippen molar-refractivity contribution in [1.82, 2.24) is 10.3 Å². The number of anilines is 2. The second kappa shape index (κ2) is 12.7. The Bertz CT molecular complexity index is 1630. The molecular formula is C34H34N4O4. The van der Waals surface area contributed by atoms with Crippen LogP contribution in [0.4, 0.5) is 11.4 Å². The number of fused-ring (bicyclic) bond motifs is 1. The number of pyridine rings is 1. The average Bonchev–Trinajstić information content (AvgIpc) is 3.02. The smallest absolute Gasteiger partial charge is 0.335 e. The number of hydrogen-bond donors (Lipinski definition) is 3. The van der Waals surface area contributed by atoms with Crippen molar-refractivity contribution in [3.63, 3.8) is 0 Å². The summed E-state index contributed by atoms with van der Waals surface area (Å²) in [7, 11) is 0. The molecule has 5 rings (SSSR count). The lowest BCUT2D eigenvalue weighted by Gasteiger charge is -2.26. The number of carboxylic acids is 1. The molecule has 3 N–H and O–H groups in total. The van der Waals surface area contributed by atoms with Gasteiger partial charge in [0.05, 0.1) is 28.7 Å². The molecule has 3 aromatic carbocycles. The minimum absolute atomic E-state index is 0.0209. The number of benzene rings is 3. The second-order valence-electron chi connectivity index (χ2n) is 10.3. The molecule has 1 aliphatic carbocycles. The van der Waals surface area contributed by atoms with Gasteiger partial charge >= 0.3 is 5.97 Å². The Labute approximate surface area is 245 Å². The third kappa shape index (κ3) is 6.17. The summed E-state index contributed by atoms with van der Waals surface area (Å²) in [5.74, 6) is -1.64. The molecule has 1 unspecified atom stereocenters. The van der Waals surface area contributed by atoms with Crippen molar-refractivity contribution in [2.45, 2.75) is 39.2 Å². The quantitative estimate of drug-likeness (QED) is 0.219. The van der Waals surface area contributed by atoms with Crippen LogP contribution in [0.1, 0.15) is 74.9 Å². The molecule has 0 spiro atoms. The largest absolute Gasteiger partial charge is 0.478 e. The van der Waals surface area contributed by atoms with Gasteiger partial charge in [0.2, 0.25) is 0 Å². The third-order valence-electron chi connectivity index (χ3n) is 7.71. The van der Waals surface area contributed by atoms with Crippen LogP contribution in [0.3, 0.4) is 0 Å². The lowest BCUT2D eigenvalue weighted by atomic mass is 9.87. The van der Waals surface area contributed by atoms with E-state index in [9.17, 15) is 19.5 Å². The molecule has 0 fully saturated rings. The van der Waals surface area contributed by atoms with Gasteiger partial charge in [-0.15, -0.1) is 0 Å². The van der Waals surface area contributed by atoms with Gasteiger partial charge in [0, 0.05) is 36.0 Å². The third-order valence-corrected chi connectivity index (χ3v) is 7.71. The summed E-state index contributed by atoms with van der Waals surface area (Å²) in [6.07, 6.45) is 4.61. The first kappa shape index (κ1) is 28.5. The van der Waals surface area contributed by atoms with Crippen molar-refractivity contribution < 1.29 is 19.5 Å². The first-order chi connectivity index (χ1) is 20.4. The molecule has 1 atom stereocenters. The van der Waals surface area contributed by atoms with Gasteiger partial charge < -0.3 is 20.6 Å². The van der Waals surface area contributed by atoms with Crippen molar-refractivity contribution >= 4 is 29.2 Å². The van der Waals surface area contributed by atoms with Gasteiger partial charge in [0.1, 0.15) is 0 Å². The molecule has 1 aromatic heterocycles. The first-order valence-corrected chi connectivity index (χ1v) is 14.3. The SMILES string of the molecule is CCN(CC)c1cc(-c2cc(C(=O)NC3CCCc4ccccc43)ccn2)ccc1NC(=O)c1cccc(C(=O)O)c1. The highest BCUT2D eigenvalue weighted by Gasteiger charge is 2.22. The van der Waals surface area contributed by atoms with Crippen molar-refractivity contribution in [3.05, 3.63) is 113 Å². The molecule has 1 heterocycles. The molecule has 0 bridgehead atoms. The number of rotatable bonds is 9. The molecule has 42 heavy (non-hydrogen) atoms. The van der Waals surface area contributed by atoms with Crippen LogP contribution in [0, 0.1) is 0 Å². The fraction of sp³-hybridized carbons (Fsp3) is 0.235. The molecule has 4 aromatic rings. The van der Waals surface area contributed by atoms with E-state index in [1.807, 2.05) is 44.2 Å². The monoisotopic (exact) mass is 562 g/mol. The van der Waals surface area contributed by atoms with Crippen molar-refractivity contribution in [3.8, 4) is 11.3 Å². The van der Waals surface area contributed by atoms with Crippen LogP contribution in [0.25, 0.3) is 11.3 Å². The van der Waals surface area contributed by atoms with Gasteiger partial charge in [-0.2, -0.15) is 0 Å². The Morgan fingerprint density at radius 3 is 2.43 bits per heavy atom. The molecule has 0 radical (unpaired) electrons. The van der Waals surface area contributed by atoms with E-state index >= 15 is 0 Å². The molecule has 214 valence electrons. The minimum Gasteiger partial charge on any atom is -0.478 e. The van der Waals surface area contributed by atoms with E-state index in [2.05, 4.69) is 32.7 Å². The Balaban J connectivity index is 1.40. The Morgan fingerprint density at radius 1 is 0.881 bits per heavy atom. The van der Waals surface area contributed by atoms with Gasteiger partial charge in [0.25, 0.3) is 11.8 Å². The summed E-state index contributed by atoms with van der Waals surface area (Å²) in [6, 6.07) is 23.3. The maximum Gasteiger partial charge on any atom is 0.335 e. The Morgan fingerprint density at radius 2 is 1.64 bits per heavy atom. The normalized spacial score (nSPS) is 14.0. The lowest BCUT2D eigenvalue weighted by molar-refractivity contribution is 0.0696. The summed E-state index contributed by atoms with van der Waals surface area (Å²) in [4.78, 5) is 44.4. The number of aromatic carboxylic acids is 1. The average molecular weight is 563 g/mol. The number of carboxylic acid groups (broad SMARTS) is 1. The van der Waals surface area contributed by atoms with Crippen molar-refractivity contribution in [2.24, 2.45) is 0 Å². The Kier molecular flexibility index (Phi) is 8.62. The molecule has 0 saturated heterocycles. The zero-order valence-corrected chi connectivity index (χ0v) is 23.8. The summed E-state index contributed by atoms with van der Waals surface area (Å²) in [6.45, 7) is 5.47. The summed E-state index contributed by atoms with van der Waals surface area (Å²) in [5.41, 5.74) is 6.15. The number of hydrogen-bond acceptors (Lipinski definition) is 5. The van der Waals surface area contributed by atoms with E-state index < -0.39 is 11.9 Å². The fourth-order valence-electron chi connectivity index (χ4n) is 5.49. The van der Waals surface area contributed by atoms with Gasteiger partial charge in [-0.05, 0) is 86.7 Å². The van der Waals surface area contributed by atoms with Crippen LogP contribution < -0.4 is 15.5 Å². The topological polar surface area (TPSA) is 112 Å². The summed E-state index contributed by atoms with van der Waals surface area (Å²) < 4.78 is 0. The number of amides is 2. The zero-order chi connectivity index (χ0) is 29.6. The number of carbonyl (C=O) groups excluding carboxylic acids is 2. The maximum atomic E-state index is 13.3. The molecule has 0 aliphatic heterocycles. The molecule has 8 heteroatoms. The number of aryl methyl sites for hydroxylation is 1. The lowest BCUT2D eigenvalue weighted by Crippen LogP contribution is -2.31. The number of carbonyl (C=O) groups is 3. The van der Waals surface area contributed by atoms with Crippen LogP contribution in [-0.4, -0.2) is 41.0 Å². The first-order valence-electron chi connectivity index (χ1n) is 14.3. The van der Waals surface area contributed by atoms with Crippen LogP contribution in [0.2, 0.25) is 0 Å². The molecule has 8 nitrogen and oxygen atoms in total. The molecule has 2 amide bonds. The van der Waals surface area contributed by atoms with Crippen LogP contribution in [0.5, 0.6) is 0 Å².